The Labute approximate surface area is 161 Å². The highest BCUT2D eigenvalue weighted by atomic mass is 35.5. The van der Waals surface area contributed by atoms with E-state index >= 15 is 0 Å². The van der Waals surface area contributed by atoms with Crippen molar-refractivity contribution in [3.8, 4) is 11.5 Å². The van der Waals surface area contributed by atoms with E-state index in [1.807, 2.05) is 11.0 Å². The van der Waals surface area contributed by atoms with Crippen LogP contribution < -0.4 is 14.4 Å². The van der Waals surface area contributed by atoms with Crippen LogP contribution in [0.4, 0.5) is 5.82 Å². The third-order valence-corrected chi connectivity index (χ3v) is 5.35. The second-order valence-electron chi connectivity index (χ2n) is 7.03. The molecule has 0 unspecified atom stereocenters. The fourth-order valence-corrected chi connectivity index (χ4v) is 3.64. The number of fused-ring (bicyclic) bond motifs is 1. The Morgan fingerprint density at radius 3 is 2.59 bits per heavy atom. The fraction of sp³-hybridized carbons (Fsp3) is 0.421. The summed E-state index contributed by atoms with van der Waals surface area (Å²) in [7, 11) is 0. The monoisotopic (exact) mass is 386 g/mol. The van der Waals surface area contributed by atoms with E-state index in [0.717, 1.165) is 24.5 Å². The molecule has 1 saturated carbocycles. The van der Waals surface area contributed by atoms with Crippen LogP contribution in [0.25, 0.3) is 0 Å². The molecule has 0 spiro atoms. The molecule has 1 saturated heterocycles. The fourth-order valence-electron chi connectivity index (χ4n) is 3.46. The van der Waals surface area contributed by atoms with Crippen molar-refractivity contribution in [2.45, 2.75) is 18.8 Å². The zero-order chi connectivity index (χ0) is 18.4. The molecule has 27 heavy (non-hydrogen) atoms. The summed E-state index contributed by atoms with van der Waals surface area (Å²) in [5.74, 6) is 3.47. The van der Waals surface area contributed by atoms with Gasteiger partial charge in [0.05, 0.1) is 0 Å². The van der Waals surface area contributed by atoms with Gasteiger partial charge in [-0.3, -0.25) is 4.79 Å². The quantitative estimate of drug-likeness (QED) is 0.755. The Bertz CT molecular complexity index is 895. The Morgan fingerprint density at radius 2 is 1.81 bits per heavy atom. The number of piperazine rings is 1. The number of rotatable bonds is 3. The predicted octanol–water partition coefficient (Wildman–Crippen LogP) is 2.70. The summed E-state index contributed by atoms with van der Waals surface area (Å²) >= 11 is 6.18. The van der Waals surface area contributed by atoms with Crippen LogP contribution in [0.5, 0.6) is 11.5 Å². The van der Waals surface area contributed by atoms with Gasteiger partial charge in [-0.05, 0) is 31.0 Å². The van der Waals surface area contributed by atoms with Crippen LogP contribution in [0.2, 0.25) is 5.15 Å². The summed E-state index contributed by atoms with van der Waals surface area (Å²) in [6.45, 7) is 2.90. The Morgan fingerprint density at radius 1 is 1.04 bits per heavy atom. The molecule has 5 rings (SSSR count). The lowest BCUT2D eigenvalue weighted by Crippen LogP contribution is -2.49. The van der Waals surface area contributed by atoms with Gasteiger partial charge in [0.15, 0.2) is 11.5 Å². The van der Waals surface area contributed by atoms with E-state index < -0.39 is 0 Å². The molecule has 2 fully saturated rings. The molecule has 1 aromatic carbocycles. The average Bonchev–Trinajstić information content (AvgIpc) is 3.44. The highest BCUT2D eigenvalue weighted by molar-refractivity contribution is 6.29. The van der Waals surface area contributed by atoms with Gasteiger partial charge in [0, 0.05) is 43.7 Å². The van der Waals surface area contributed by atoms with Gasteiger partial charge in [0.2, 0.25) is 6.79 Å². The second-order valence-corrected chi connectivity index (χ2v) is 7.42. The number of benzene rings is 1. The number of ether oxygens (including phenoxy) is 2. The number of carbonyl (C=O) groups is 1. The van der Waals surface area contributed by atoms with Crippen LogP contribution in [0.15, 0.2) is 24.3 Å². The van der Waals surface area contributed by atoms with Crippen LogP contribution >= 0.6 is 11.6 Å². The number of hydrogen-bond acceptors (Lipinski definition) is 6. The van der Waals surface area contributed by atoms with E-state index in [1.54, 1.807) is 18.2 Å². The lowest BCUT2D eigenvalue weighted by Gasteiger charge is -2.35. The van der Waals surface area contributed by atoms with Crippen LogP contribution in [0.1, 0.15) is 34.9 Å². The molecule has 1 aliphatic carbocycles. The van der Waals surface area contributed by atoms with Gasteiger partial charge < -0.3 is 19.3 Å². The molecular weight excluding hydrogens is 368 g/mol. The zero-order valence-corrected chi connectivity index (χ0v) is 15.5. The third-order valence-electron chi connectivity index (χ3n) is 5.15. The summed E-state index contributed by atoms with van der Waals surface area (Å²) in [6, 6.07) is 7.13. The Kier molecular flexibility index (Phi) is 4.04. The number of carbonyl (C=O) groups excluding carboxylic acids is 1. The van der Waals surface area contributed by atoms with E-state index in [9.17, 15) is 4.79 Å². The van der Waals surface area contributed by atoms with Crippen LogP contribution in [0, 0.1) is 0 Å². The van der Waals surface area contributed by atoms with E-state index in [2.05, 4.69) is 14.9 Å². The van der Waals surface area contributed by atoms with Crippen molar-refractivity contribution in [3.63, 3.8) is 0 Å². The number of anilines is 1. The van der Waals surface area contributed by atoms with E-state index in [-0.39, 0.29) is 12.7 Å². The van der Waals surface area contributed by atoms with Crippen molar-refractivity contribution in [2.75, 3.05) is 37.9 Å². The molecule has 1 amide bonds. The minimum Gasteiger partial charge on any atom is -0.454 e. The molecule has 0 bridgehead atoms. The van der Waals surface area contributed by atoms with E-state index in [1.165, 1.54) is 0 Å². The summed E-state index contributed by atoms with van der Waals surface area (Å²) in [5, 5.41) is 0.487. The lowest BCUT2D eigenvalue weighted by molar-refractivity contribution is 0.0746. The summed E-state index contributed by atoms with van der Waals surface area (Å²) in [6.07, 6.45) is 2.27. The van der Waals surface area contributed by atoms with Gasteiger partial charge in [-0.25, -0.2) is 9.97 Å². The first-order chi connectivity index (χ1) is 13.2. The van der Waals surface area contributed by atoms with Gasteiger partial charge in [0.1, 0.15) is 16.8 Å². The van der Waals surface area contributed by atoms with Crippen molar-refractivity contribution in [2.24, 2.45) is 0 Å². The van der Waals surface area contributed by atoms with Crippen molar-refractivity contribution in [1.82, 2.24) is 14.9 Å². The molecule has 8 heteroatoms. The average molecular weight is 387 g/mol. The first-order valence-corrected chi connectivity index (χ1v) is 9.53. The number of aromatic nitrogens is 2. The van der Waals surface area contributed by atoms with Crippen molar-refractivity contribution in [3.05, 3.63) is 40.8 Å². The molecule has 140 valence electrons. The normalized spacial score (nSPS) is 18.7. The van der Waals surface area contributed by atoms with Crippen LogP contribution in [-0.4, -0.2) is 53.7 Å². The minimum atomic E-state index is 0.00680. The third kappa shape index (κ3) is 3.27. The topological polar surface area (TPSA) is 67.8 Å². The molecule has 0 N–H and O–H groups in total. The highest BCUT2D eigenvalue weighted by Gasteiger charge is 2.29. The molecule has 3 aliphatic rings. The largest absolute Gasteiger partial charge is 0.454 e. The SMILES string of the molecule is O=C(c1ccc2c(c1)OCO2)N1CCN(c2cc(Cl)nc(C3CC3)n2)CC1. The maximum Gasteiger partial charge on any atom is 0.254 e. The number of nitrogens with zero attached hydrogens (tertiary/aromatic N) is 4. The standard InChI is InChI=1S/C19H19ClN4O3/c20-16-10-17(22-18(21-16)12-1-2-12)23-5-7-24(8-6-23)19(25)13-3-4-14-15(9-13)27-11-26-14/h3-4,9-10,12H,1-2,5-8,11H2. The van der Waals surface area contributed by atoms with Crippen LogP contribution in [-0.2, 0) is 0 Å². The first kappa shape index (κ1) is 16.6. The number of halogens is 1. The van der Waals surface area contributed by atoms with E-state index in [0.29, 0.717) is 54.3 Å². The summed E-state index contributed by atoms with van der Waals surface area (Å²) < 4.78 is 10.7. The van der Waals surface area contributed by atoms with Gasteiger partial charge in [-0.2, -0.15) is 0 Å². The Balaban J connectivity index is 1.27. The predicted molar refractivity (Wildman–Crippen MR) is 99.7 cm³/mol. The Hall–Kier alpha value is -2.54. The molecule has 7 nitrogen and oxygen atoms in total. The molecule has 0 atom stereocenters. The minimum absolute atomic E-state index is 0.00680. The number of hydrogen-bond donors (Lipinski definition) is 0. The molecule has 2 aliphatic heterocycles. The zero-order valence-electron chi connectivity index (χ0n) is 14.7. The highest BCUT2D eigenvalue weighted by Crippen LogP contribution is 2.39. The van der Waals surface area contributed by atoms with Gasteiger partial charge >= 0.3 is 0 Å². The van der Waals surface area contributed by atoms with E-state index in [4.69, 9.17) is 21.1 Å². The summed E-state index contributed by atoms with van der Waals surface area (Å²) in [4.78, 5) is 25.9. The lowest BCUT2D eigenvalue weighted by atomic mass is 10.1. The molecule has 0 radical (unpaired) electrons. The molecule has 3 heterocycles. The molecule has 2 aromatic rings. The van der Waals surface area contributed by atoms with Crippen LogP contribution in [0.3, 0.4) is 0 Å². The second kappa shape index (κ2) is 6.56. The smallest absolute Gasteiger partial charge is 0.254 e. The van der Waals surface area contributed by atoms with Gasteiger partial charge in [-0.15, -0.1) is 0 Å². The number of amides is 1. The maximum atomic E-state index is 12.8. The van der Waals surface area contributed by atoms with Gasteiger partial charge in [0.25, 0.3) is 5.91 Å². The maximum absolute atomic E-state index is 12.8. The molecular formula is C19H19ClN4O3. The van der Waals surface area contributed by atoms with Crippen molar-refractivity contribution < 1.29 is 14.3 Å². The summed E-state index contributed by atoms with van der Waals surface area (Å²) in [5.41, 5.74) is 0.619. The van der Waals surface area contributed by atoms with Gasteiger partial charge in [-0.1, -0.05) is 11.6 Å². The molecule has 1 aromatic heterocycles. The first-order valence-electron chi connectivity index (χ1n) is 9.16. The van der Waals surface area contributed by atoms with Crippen molar-refractivity contribution >= 4 is 23.3 Å². The van der Waals surface area contributed by atoms with Crippen molar-refractivity contribution in [1.29, 1.82) is 0 Å².